The number of benzene rings is 3. The Bertz CT molecular complexity index is 2340. The van der Waals surface area contributed by atoms with Crippen molar-refractivity contribution < 1.29 is 4.79 Å². The largest absolute Gasteiger partial charge is 0.309 e. The number of amides is 1. The molecule has 7 nitrogen and oxygen atoms in total. The lowest BCUT2D eigenvalue weighted by atomic mass is 10.0. The normalized spacial score (nSPS) is 11.4. The zero-order chi connectivity index (χ0) is 32.7. The molecule has 3 aromatic carbocycles. The Morgan fingerprint density at radius 3 is 2.43 bits per heavy atom. The maximum atomic E-state index is 14.3. The third-order valence-corrected chi connectivity index (χ3v) is 10.1. The maximum Gasteiger partial charge on any atom is 0.263 e. The van der Waals surface area contributed by atoms with Crippen molar-refractivity contribution in [2.24, 2.45) is 0 Å². The van der Waals surface area contributed by atoms with Crippen LogP contribution in [0.2, 0.25) is 5.02 Å². The molecule has 0 aliphatic rings. The van der Waals surface area contributed by atoms with E-state index in [0.29, 0.717) is 38.5 Å². The fourth-order valence-electron chi connectivity index (χ4n) is 5.91. The number of hydrogen-bond donors (Lipinski definition) is 1. The first-order chi connectivity index (χ1) is 22.7. The third kappa shape index (κ3) is 6.22. The monoisotopic (exact) mass is 675 g/mol. The van der Waals surface area contributed by atoms with Crippen LogP contribution < -0.4 is 10.9 Å². The molecule has 0 saturated heterocycles. The average Bonchev–Trinajstić information content (AvgIpc) is 3.58. The summed E-state index contributed by atoms with van der Waals surface area (Å²) in [6.07, 6.45) is 1.89. The number of thioether (sulfide) groups is 1. The van der Waals surface area contributed by atoms with Crippen LogP contribution in [-0.2, 0) is 11.3 Å². The highest BCUT2D eigenvalue weighted by Gasteiger charge is 2.22. The van der Waals surface area contributed by atoms with Crippen LogP contribution in [0.25, 0.3) is 38.2 Å². The highest BCUT2D eigenvalue weighted by molar-refractivity contribution is 7.99. The number of carbonyl (C=O) groups is 1. The van der Waals surface area contributed by atoms with E-state index in [9.17, 15) is 9.59 Å². The number of carbonyl (C=O) groups excluding carboxylic acids is 1. The minimum Gasteiger partial charge on any atom is -0.309 e. The molecule has 0 saturated carbocycles. The standard InChI is InChI=1S/C37H30ClN5O2S2/c1-22-16-23(2)18-27(17-22)33-34(42-15-8-7-14-29(42)39-33)40-30(44)21-46-37-41-35-32(36(45)43(37)20-25-10-5-4-6-11-25)31(24(3)47-35)26-12-9-13-28(38)19-26/h4-19H,20-21H2,1-3H3,(H,40,44). The zero-order valence-electron chi connectivity index (χ0n) is 26.0. The SMILES string of the molecule is Cc1cc(C)cc(-c2nc3ccccn3c2NC(=O)CSc2nc3sc(C)c(-c4cccc(Cl)c4)c3c(=O)n2Cc2ccccc2)c1. The number of imidazole rings is 1. The molecule has 4 heterocycles. The maximum absolute atomic E-state index is 14.3. The van der Waals surface area contributed by atoms with Crippen molar-refractivity contribution in [3.05, 3.63) is 134 Å². The van der Waals surface area contributed by atoms with Crippen molar-refractivity contribution in [1.82, 2.24) is 18.9 Å². The van der Waals surface area contributed by atoms with Gasteiger partial charge in [0, 0.05) is 27.2 Å². The molecule has 4 aromatic heterocycles. The highest BCUT2D eigenvalue weighted by atomic mass is 35.5. The molecular weight excluding hydrogens is 646 g/mol. The first-order valence-electron chi connectivity index (χ1n) is 15.1. The number of fused-ring (bicyclic) bond motifs is 2. The molecule has 1 amide bonds. The van der Waals surface area contributed by atoms with E-state index in [0.717, 1.165) is 43.9 Å². The summed E-state index contributed by atoms with van der Waals surface area (Å²) >= 11 is 9.06. The van der Waals surface area contributed by atoms with Crippen LogP contribution in [0.5, 0.6) is 0 Å². The first-order valence-corrected chi connectivity index (χ1v) is 17.3. The number of hydrogen-bond acceptors (Lipinski definition) is 6. The zero-order valence-corrected chi connectivity index (χ0v) is 28.3. The van der Waals surface area contributed by atoms with Crippen LogP contribution >= 0.6 is 34.7 Å². The highest BCUT2D eigenvalue weighted by Crippen LogP contribution is 2.38. The Morgan fingerprint density at radius 1 is 0.894 bits per heavy atom. The van der Waals surface area contributed by atoms with Crippen molar-refractivity contribution in [3.63, 3.8) is 0 Å². The number of nitrogens with zero attached hydrogens (tertiary/aromatic N) is 4. The second kappa shape index (κ2) is 12.8. The molecule has 0 aliphatic carbocycles. The van der Waals surface area contributed by atoms with Gasteiger partial charge in [-0.25, -0.2) is 9.97 Å². The van der Waals surface area contributed by atoms with Crippen molar-refractivity contribution in [3.8, 4) is 22.4 Å². The van der Waals surface area contributed by atoms with Gasteiger partial charge in [0.05, 0.1) is 17.7 Å². The molecule has 10 heteroatoms. The third-order valence-electron chi connectivity index (χ3n) is 7.86. The van der Waals surface area contributed by atoms with E-state index in [4.69, 9.17) is 21.6 Å². The number of thiophene rings is 1. The lowest BCUT2D eigenvalue weighted by Crippen LogP contribution is -2.25. The molecule has 0 unspecified atom stereocenters. The van der Waals surface area contributed by atoms with Crippen LogP contribution in [0.1, 0.15) is 21.6 Å². The van der Waals surface area contributed by atoms with E-state index in [-0.39, 0.29) is 17.2 Å². The fraction of sp³-hybridized carbons (Fsp3) is 0.135. The van der Waals surface area contributed by atoms with Crippen molar-refractivity contribution in [1.29, 1.82) is 0 Å². The number of nitrogens with one attached hydrogen (secondary N) is 1. The summed E-state index contributed by atoms with van der Waals surface area (Å²) in [5, 5.41) is 4.76. The van der Waals surface area contributed by atoms with Gasteiger partial charge in [-0.2, -0.15) is 0 Å². The Balaban J connectivity index is 1.25. The van der Waals surface area contributed by atoms with E-state index < -0.39 is 0 Å². The van der Waals surface area contributed by atoms with Gasteiger partial charge >= 0.3 is 0 Å². The summed E-state index contributed by atoms with van der Waals surface area (Å²) in [6, 6.07) is 29.3. The van der Waals surface area contributed by atoms with Gasteiger partial charge in [-0.15, -0.1) is 11.3 Å². The molecule has 0 spiro atoms. The topological polar surface area (TPSA) is 81.3 Å². The molecule has 234 valence electrons. The lowest BCUT2D eigenvalue weighted by molar-refractivity contribution is -0.113. The van der Waals surface area contributed by atoms with Crippen LogP contribution in [0.3, 0.4) is 0 Å². The van der Waals surface area contributed by atoms with Gasteiger partial charge in [0.1, 0.15) is 22.0 Å². The van der Waals surface area contributed by atoms with E-state index in [1.807, 2.05) is 104 Å². The molecular formula is C37H30ClN5O2S2. The Morgan fingerprint density at radius 2 is 1.66 bits per heavy atom. The van der Waals surface area contributed by atoms with E-state index in [1.165, 1.54) is 23.1 Å². The summed E-state index contributed by atoms with van der Waals surface area (Å²) in [4.78, 5) is 39.4. The Kier molecular flexibility index (Phi) is 8.44. The van der Waals surface area contributed by atoms with Gasteiger partial charge in [-0.05, 0) is 68.3 Å². The van der Waals surface area contributed by atoms with Gasteiger partial charge in [0.15, 0.2) is 5.16 Å². The summed E-state index contributed by atoms with van der Waals surface area (Å²) < 4.78 is 3.56. The number of aromatic nitrogens is 4. The second-order valence-electron chi connectivity index (χ2n) is 11.4. The molecule has 0 aliphatic heterocycles. The summed E-state index contributed by atoms with van der Waals surface area (Å²) in [5.74, 6) is 0.417. The predicted molar refractivity (Wildman–Crippen MR) is 194 cm³/mol. The van der Waals surface area contributed by atoms with Gasteiger partial charge < -0.3 is 5.32 Å². The number of pyridine rings is 1. The van der Waals surface area contributed by atoms with E-state index in [2.05, 4.69) is 23.5 Å². The summed E-state index contributed by atoms with van der Waals surface area (Å²) in [5.41, 5.74) is 7.12. The van der Waals surface area contributed by atoms with Crippen LogP contribution in [0.4, 0.5) is 5.82 Å². The Hall–Kier alpha value is -4.70. The molecule has 7 aromatic rings. The van der Waals surface area contributed by atoms with Gasteiger partial charge in [-0.1, -0.05) is 89.1 Å². The Labute approximate surface area is 284 Å². The van der Waals surface area contributed by atoms with E-state index >= 15 is 0 Å². The fourth-order valence-corrected chi connectivity index (χ4v) is 7.98. The van der Waals surface area contributed by atoms with Crippen LogP contribution in [-0.4, -0.2) is 30.6 Å². The van der Waals surface area contributed by atoms with Crippen molar-refractivity contribution >= 4 is 62.3 Å². The van der Waals surface area contributed by atoms with Gasteiger partial charge in [0.25, 0.3) is 5.56 Å². The molecule has 1 N–H and O–H groups in total. The average molecular weight is 676 g/mol. The van der Waals surface area contributed by atoms with Crippen molar-refractivity contribution in [2.75, 3.05) is 11.1 Å². The summed E-state index contributed by atoms with van der Waals surface area (Å²) in [7, 11) is 0. The molecule has 0 atom stereocenters. The molecule has 0 radical (unpaired) electrons. The first kappa shape index (κ1) is 30.9. The second-order valence-corrected chi connectivity index (χ2v) is 14.0. The quantitative estimate of drug-likeness (QED) is 0.129. The van der Waals surface area contributed by atoms with Gasteiger partial charge in [-0.3, -0.25) is 18.6 Å². The minimum absolute atomic E-state index is 0.0462. The smallest absolute Gasteiger partial charge is 0.263 e. The van der Waals surface area contributed by atoms with E-state index in [1.54, 1.807) is 4.57 Å². The number of rotatable bonds is 8. The van der Waals surface area contributed by atoms with Crippen molar-refractivity contribution in [2.45, 2.75) is 32.5 Å². The molecule has 7 rings (SSSR count). The van der Waals surface area contributed by atoms with Crippen LogP contribution in [0, 0.1) is 20.8 Å². The number of anilines is 1. The number of aryl methyl sites for hydroxylation is 3. The van der Waals surface area contributed by atoms with Gasteiger partial charge in [0.2, 0.25) is 5.91 Å². The lowest BCUT2D eigenvalue weighted by Gasteiger charge is -2.13. The summed E-state index contributed by atoms with van der Waals surface area (Å²) in [6.45, 7) is 6.41. The molecule has 0 bridgehead atoms. The minimum atomic E-state index is -0.228. The predicted octanol–water partition coefficient (Wildman–Crippen LogP) is 8.80. The molecule has 0 fully saturated rings. The molecule has 47 heavy (non-hydrogen) atoms. The number of halogens is 1. The van der Waals surface area contributed by atoms with Crippen LogP contribution in [0.15, 0.2) is 107 Å².